The summed E-state index contributed by atoms with van der Waals surface area (Å²) in [7, 11) is 0. The molecule has 2 unspecified atom stereocenters. The van der Waals surface area contributed by atoms with Crippen molar-refractivity contribution in [1.82, 2.24) is 9.97 Å². The topological polar surface area (TPSA) is 25.8 Å². The van der Waals surface area contributed by atoms with Crippen molar-refractivity contribution < 1.29 is 0 Å². The number of pyridine rings is 2. The van der Waals surface area contributed by atoms with Crippen LogP contribution in [0.5, 0.6) is 0 Å². The lowest BCUT2D eigenvalue weighted by Gasteiger charge is -2.45. The Morgan fingerprint density at radius 3 is 2.16 bits per heavy atom. The summed E-state index contributed by atoms with van der Waals surface area (Å²) in [5.74, 6) is 1.42. The van der Waals surface area contributed by atoms with Gasteiger partial charge in [-0.15, -0.1) is 0 Å². The molecule has 2 heterocycles. The summed E-state index contributed by atoms with van der Waals surface area (Å²) in [4.78, 5) is 9.49. The fourth-order valence-corrected chi connectivity index (χ4v) is 5.06. The van der Waals surface area contributed by atoms with E-state index in [2.05, 4.69) is 80.4 Å². The Hall–Kier alpha value is -2.71. The predicted octanol–water partition coefficient (Wildman–Crippen LogP) is 8.16. The van der Waals surface area contributed by atoms with E-state index < -0.39 is 0 Å². The van der Waals surface area contributed by atoms with Crippen LogP contribution in [0.15, 0.2) is 72.8 Å². The Labute approximate surface area is 189 Å². The molecule has 1 saturated carbocycles. The Kier molecular flexibility index (Phi) is 5.06. The molecule has 2 aromatic heterocycles. The van der Waals surface area contributed by atoms with Crippen molar-refractivity contribution in [3.63, 3.8) is 0 Å². The van der Waals surface area contributed by atoms with Crippen LogP contribution in [0.25, 0.3) is 33.4 Å². The van der Waals surface area contributed by atoms with Crippen LogP contribution in [0.2, 0.25) is 5.15 Å². The number of fused-ring (bicyclic) bond motifs is 1. The van der Waals surface area contributed by atoms with Gasteiger partial charge in [-0.25, -0.2) is 9.97 Å². The molecule has 0 amide bonds. The number of rotatable bonds is 3. The first-order chi connectivity index (χ1) is 14.9. The van der Waals surface area contributed by atoms with Crippen molar-refractivity contribution in [2.24, 2.45) is 11.3 Å². The highest BCUT2D eigenvalue weighted by Gasteiger charge is 2.39. The van der Waals surface area contributed by atoms with Crippen LogP contribution in [0.1, 0.15) is 45.1 Å². The molecule has 3 heteroatoms. The minimum atomic E-state index is 0.357. The lowest BCUT2D eigenvalue weighted by molar-refractivity contribution is 0.106. The summed E-state index contributed by atoms with van der Waals surface area (Å²) >= 11 is 6.14. The standard InChI is InChI=1S/C28H27ClN2/c1-28(2,3)23-14-13-21(23)19-9-11-20(12-10-19)27-22(18-7-5-4-6-8-18)17-25-24(31-27)15-16-26(29)30-25/h4-12,15-17,21,23H,13-14H2,1-3H3. The monoisotopic (exact) mass is 426 g/mol. The van der Waals surface area contributed by atoms with Gasteiger partial charge in [0.1, 0.15) is 5.15 Å². The SMILES string of the molecule is CC(C)(C)C1CCC1c1ccc(-c2nc3ccc(Cl)nc3cc2-c2ccccc2)cc1. The van der Waals surface area contributed by atoms with Gasteiger partial charge in [-0.2, -0.15) is 0 Å². The Morgan fingerprint density at radius 2 is 1.52 bits per heavy atom. The zero-order valence-electron chi connectivity index (χ0n) is 18.3. The number of nitrogens with zero attached hydrogens (tertiary/aromatic N) is 2. The van der Waals surface area contributed by atoms with E-state index in [0.717, 1.165) is 39.3 Å². The third kappa shape index (κ3) is 3.85. The maximum atomic E-state index is 6.14. The fraction of sp³-hybridized carbons (Fsp3) is 0.286. The van der Waals surface area contributed by atoms with E-state index in [0.29, 0.717) is 16.5 Å². The molecular weight excluding hydrogens is 400 g/mol. The van der Waals surface area contributed by atoms with Gasteiger partial charge in [0.05, 0.1) is 16.7 Å². The second-order valence-electron chi connectivity index (χ2n) is 9.70. The molecule has 4 aromatic rings. The highest BCUT2D eigenvalue weighted by molar-refractivity contribution is 6.29. The van der Waals surface area contributed by atoms with Crippen LogP contribution in [-0.2, 0) is 0 Å². The molecule has 2 aromatic carbocycles. The zero-order chi connectivity index (χ0) is 21.6. The fourth-order valence-electron chi connectivity index (χ4n) is 4.91. The zero-order valence-corrected chi connectivity index (χ0v) is 19.0. The summed E-state index contributed by atoms with van der Waals surface area (Å²) in [6.45, 7) is 7.09. The van der Waals surface area contributed by atoms with Gasteiger partial charge in [0.15, 0.2) is 0 Å². The maximum absolute atomic E-state index is 6.14. The van der Waals surface area contributed by atoms with Crippen LogP contribution in [0, 0.1) is 11.3 Å². The van der Waals surface area contributed by atoms with Gasteiger partial charge in [0.2, 0.25) is 0 Å². The maximum Gasteiger partial charge on any atom is 0.129 e. The molecule has 2 atom stereocenters. The quantitative estimate of drug-likeness (QED) is 0.309. The van der Waals surface area contributed by atoms with Crippen LogP contribution in [0.4, 0.5) is 0 Å². The second kappa shape index (κ2) is 7.76. The van der Waals surface area contributed by atoms with E-state index in [9.17, 15) is 0 Å². The average molecular weight is 427 g/mol. The third-order valence-electron chi connectivity index (χ3n) is 6.72. The van der Waals surface area contributed by atoms with Crippen molar-refractivity contribution in [2.45, 2.75) is 39.5 Å². The van der Waals surface area contributed by atoms with Gasteiger partial charge >= 0.3 is 0 Å². The second-order valence-corrected chi connectivity index (χ2v) is 10.1. The number of hydrogen-bond acceptors (Lipinski definition) is 2. The molecular formula is C28H27ClN2. The smallest absolute Gasteiger partial charge is 0.129 e. The summed E-state index contributed by atoms with van der Waals surface area (Å²) in [5.41, 5.74) is 7.79. The number of halogens is 1. The number of hydrogen-bond donors (Lipinski definition) is 0. The molecule has 0 aliphatic heterocycles. The van der Waals surface area contributed by atoms with E-state index in [1.807, 2.05) is 12.1 Å². The van der Waals surface area contributed by atoms with Crippen molar-refractivity contribution in [2.75, 3.05) is 0 Å². The molecule has 0 N–H and O–H groups in total. The lowest BCUT2D eigenvalue weighted by atomic mass is 9.59. The van der Waals surface area contributed by atoms with Gasteiger partial charge in [0.25, 0.3) is 0 Å². The van der Waals surface area contributed by atoms with Crippen LogP contribution in [0.3, 0.4) is 0 Å². The minimum absolute atomic E-state index is 0.357. The van der Waals surface area contributed by atoms with E-state index in [4.69, 9.17) is 16.6 Å². The predicted molar refractivity (Wildman–Crippen MR) is 130 cm³/mol. The molecule has 0 bridgehead atoms. The molecule has 1 fully saturated rings. The summed E-state index contributed by atoms with van der Waals surface area (Å²) in [6, 6.07) is 25.3. The van der Waals surface area contributed by atoms with Crippen molar-refractivity contribution >= 4 is 22.6 Å². The molecule has 5 rings (SSSR count). The van der Waals surface area contributed by atoms with E-state index >= 15 is 0 Å². The molecule has 0 radical (unpaired) electrons. The van der Waals surface area contributed by atoms with E-state index in [-0.39, 0.29) is 0 Å². The molecule has 31 heavy (non-hydrogen) atoms. The summed E-state index contributed by atoms with van der Waals surface area (Å²) in [5, 5.41) is 0.485. The Morgan fingerprint density at radius 1 is 0.774 bits per heavy atom. The van der Waals surface area contributed by atoms with Gasteiger partial charge < -0.3 is 0 Å². The molecule has 156 valence electrons. The molecule has 2 nitrogen and oxygen atoms in total. The summed E-state index contributed by atoms with van der Waals surface area (Å²) in [6.07, 6.45) is 2.62. The Balaban J connectivity index is 1.59. The summed E-state index contributed by atoms with van der Waals surface area (Å²) < 4.78 is 0. The van der Waals surface area contributed by atoms with Gasteiger partial charge in [-0.1, -0.05) is 87.0 Å². The third-order valence-corrected chi connectivity index (χ3v) is 6.93. The van der Waals surface area contributed by atoms with Crippen molar-refractivity contribution in [3.05, 3.63) is 83.5 Å². The first-order valence-corrected chi connectivity index (χ1v) is 11.4. The molecule has 1 aliphatic rings. The van der Waals surface area contributed by atoms with Crippen molar-refractivity contribution in [1.29, 1.82) is 0 Å². The molecule has 1 aliphatic carbocycles. The van der Waals surface area contributed by atoms with Crippen LogP contribution in [-0.4, -0.2) is 9.97 Å². The van der Waals surface area contributed by atoms with Crippen molar-refractivity contribution in [3.8, 4) is 22.4 Å². The van der Waals surface area contributed by atoms with Gasteiger partial charge in [-0.3, -0.25) is 0 Å². The minimum Gasteiger partial charge on any atom is -0.245 e. The van der Waals surface area contributed by atoms with Gasteiger partial charge in [-0.05, 0) is 59.4 Å². The number of benzene rings is 2. The normalized spacial score (nSPS) is 18.7. The van der Waals surface area contributed by atoms with E-state index in [1.54, 1.807) is 6.07 Å². The first-order valence-electron chi connectivity index (χ1n) is 11.0. The van der Waals surface area contributed by atoms with Crippen LogP contribution < -0.4 is 0 Å². The molecule has 0 spiro atoms. The highest BCUT2D eigenvalue weighted by atomic mass is 35.5. The molecule has 0 saturated heterocycles. The van der Waals surface area contributed by atoms with Gasteiger partial charge in [0, 0.05) is 11.1 Å². The largest absolute Gasteiger partial charge is 0.245 e. The van der Waals surface area contributed by atoms with E-state index in [1.165, 1.54) is 18.4 Å². The average Bonchev–Trinajstić information content (AvgIpc) is 2.72. The Bertz CT molecular complexity index is 1220. The number of aromatic nitrogens is 2. The lowest BCUT2D eigenvalue weighted by Crippen LogP contribution is -2.34. The van der Waals surface area contributed by atoms with Crippen LogP contribution >= 0.6 is 11.6 Å². The first kappa shape index (κ1) is 20.2. The highest BCUT2D eigenvalue weighted by Crippen LogP contribution is 2.51.